The van der Waals surface area contributed by atoms with E-state index in [2.05, 4.69) is 34.2 Å². The predicted molar refractivity (Wildman–Crippen MR) is 46.3 cm³/mol. The second kappa shape index (κ2) is 2.71. The van der Waals surface area contributed by atoms with E-state index in [1.54, 1.807) is 11.3 Å². The molecule has 0 bridgehead atoms. The van der Waals surface area contributed by atoms with Gasteiger partial charge in [0.1, 0.15) is 0 Å². The largest absolute Gasteiger partial charge is 0.380 e. The second-order valence-corrected chi connectivity index (χ2v) is 4.24. The quantitative estimate of drug-likeness (QED) is 0.744. The van der Waals surface area contributed by atoms with Crippen LogP contribution in [0.3, 0.4) is 0 Å². The Hall–Kier alpha value is -0.0200. The lowest BCUT2D eigenvalue weighted by Crippen LogP contribution is -1.83. The van der Waals surface area contributed by atoms with Crippen molar-refractivity contribution in [2.75, 3.05) is 12.4 Å². The molecule has 0 aliphatic rings. The highest BCUT2D eigenvalue weighted by Gasteiger charge is 1.98. The summed E-state index contributed by atoms with van der Waals surface area (Å²) >= 11 is 5.12. The molecule has 1 nitrogen and oxygen atoms in total. The van der Waals surface area contributed by atoms with Crippen LogP contribution in [0.4, 0.5) is 5.00 Å². The molecule has 0 radical (unpaired) electrons. The van der Waals surface area contributed by atoms with Gasteiger partial charge in [-0.2, -0.15) is 0 Å². The molecule has 0 amide bonds. The third-order valence-corrected chi connectivity index (χ3v) is 2.87. The summed E-state index contributed by atoms with van der Waals surface area (Å²) < 4.78 is 1.18. The van der Waals surface area contributed by atoms with E-state index in [1.165, 1.54) is 14.4 Å². The summed E-state index contributed by atoms with van der Waals surface area (Å²) in [5.74, 6) is 0. The number of hydrogen-bond acceptors (Lipinski definition) is 2. The lowest BCUT2D eigenvalue weighted by Gasteiger charge is -1.92. The van der Waals surface area contributed by atoms with E-state index in [9.17, 15) is 0 Å². The van der Waals surface area contributed by atoms with Crippen molar-refractivity contribution in [3.8, 4) is 0 Å². The van der Waals surface area contributed by atoms with E-state index < -0.39 is 0 Å². The average Bonchev–Trinajstić information content (AvgIpc) is 2.10. The van der Waals surface area contributed by atoms with E-state index in [4.69, 9.17) is 0 Å². The van der Waals surface area contributed by atoms with E-state index in [1.807, 2.05) is 7.05 Å². The Bertz CT molecular complexity index is 207. The molecule has 0 atom stereocenters. The van der Waals surface area contributed by atoms with Gasteiger partial charge in [-0.3, -0.25) is 0 Å². The van der Waals surface area contributed by atoms with Crippen LogP contribution in [0.5, 0.6) is 0 Å². The molecule has 0 saturated heterocycles. The van der Waals surface area contributed by atoms with Gasteiger partial charge in [0.25, 0.3) is 0 Å². The Labute approximate surface area is 67.2 Å². The number of aryl methyl sites for hydroxylation is 1. The molecule has 0 aromatic carbocycles. The lowest BCUT2D eigenvalue weighted by atomic mass is 10.4. The molecule has 3 heteroatoms. The molecule has 1 aromatic heterocycles. The van der Waals surface area contributed by atoms with Crippen molar-refractivity contribution in [2.45, 2.75) is 6.92 Å². The minimum Gasteiger partial charge on any atom is -0.380 e. The van der Waals surface area contributed by atoms with Gasteiger partial charge in [-0.25, -0.2) is 0 Å². The van der Waals surface area contributed by atoms with Crippen LogP contribution >= 0.6 is 27.3 Å². The number of anilines is 1. The van der Waals surface area contributed by atoms with Crippen molar-refractivity contribution < 1.29 is 0 Å². The third-order valence-electron chi connectivity index (χ3n) is 1.11. The summed E-state index contributed by atoms with van der Waals surface area (Å²) in [7, 11) is 1.94. The molecule has 1 aromatic rings. The summed E-state index contributed by atoms with van der Waals surface area (Å²) in [6.07, 6.45) is 0. The van der Waals surface area contributed by atoms with Crippen LogP contribution in [0.2, 0.25) is 0 Å². The Balaban J connectivity index is 3.01. The predicted octanol–water partition coefficient (Wildman–Crippen LogP) is 2.86. The van der Waals surface area contributed by atoms with Gasteiger partial charge in [-0.1, -0.05) is 0 Å². The first-order chi connectivity index (χ1) is 4.24. The van der Waals surface area contributed by atoms with Crippen LogP contribution in [0.25, 0.3) is 0 Å². The van der Waals surface area contributed by atoms with Crippen molar-refractivity contribution >= 4 is 32.3 Å². The summed E-state index contributed by atoms with van der Waals surface area (Å²) in [6.45, 7) is 2.09. The number of halogens is 1. The Morgan fingerprint density at radius 1 is 1.67 bits per heavy atom. The van der Waals surface area contributed by atoms with Crippen LogP contribution < -0.4 is 5.32 Å². The number of nitrogens with one attached hydrogen (secondary N) is 1. The highest BCUT2D eigenvalue weighted by Crippen LogP contribution is 2.30. The van der Waals surface area contributed by atoms with Crippen molar-refractivity contribution in [1.29, 1.82) is 0 Å². The summed E-state index contributed by atoms with van der Waals surface area (Å²) in [5, 5.41) is 4.34. The van der Waals surface area contributed by atoms with Crippen LogP contribution in [-0.2, 0) is 0 Å². The maximum atomic E-state index is 3.40. The van der Waals surface area contributed by atoms with E-state index in [-0.39, 0.29) is 0 Å². The standard InChI is InChI=1S/C6H8BrNS/c1-4-3-5(7)9-6(4)8-2/h3,8H,1-2H3. The molecular formula is C6H8BrNS. The molecule has 0 aliphatic carbocycles. The zero-order valence-electron chi connectivity index (χ0n) is 5.36. The molecule has 1 N–H and O–H groups in total. The van der Waals surface area contributed by atoms with Crippen LogP contribution in [0.15, 0.2) is 9.85 Å². The molecule has 0 saturated carbocycles. The summed E-state index contributed by atoms with van der Waals surface area (Å²) in [6, 6.07) is 2.11. The monoisotopic (exact) mass is 205 g/mol. The van der Waals surface area contributed by atoms with E-state index in [0.29, 0.717) is 0 Å². The van der Waals surface area contributed by atoms with Gasteiger partial charge in [0.2, 0.25) is 0 Å². The van der Waals surface area contributed by atoms with Gasteiger partial charge in [0, 0.05) is 7.05 Å². The SMILES string of the molecule is CNc1sc(Br)cc1C. The van der Waals surface area contributed by atoms with Crippen LogP contribution in [0, 0.1) is 6.92 Å². The minimum atomic E-state index is 1.18. The lowest BCUT2D eigenvalue weighted by molar-refractivity contribution is 1.48. The molecule has 0 unspecified atom stereocenters. The van der Waals surface area contributed by atoms with Crippen LogP contribution in [-0.4, -0.2) is 7.05 Å². The Kier molecular flexibility index (Phi) is 2.13. The topological polar surface area (TPSA) is 12.0 Å². The van der Waals surface area contributed by atoms with E-state index >= 15 is 0 Å². The summed E-state index contributed by atoms with van der Waals surface area (Å²) in [5.41, 5.74) is 1.30. The maximum absolute atomic E-state index is 3.40. The minimum absolute atomic E-state index is 1.18. The highest BCUT2D eigenvalue weighted by atomic mass is 79.9. The normalized spacial score (nSPS) is 9.67. The summed E-state index contributed by atoms with van der Waals surface area (Å²) in [4.78, 5) is 0. The van der Waals surface area contributed by atoms with Crippen molar-refractivity contribution in [1.82, 2.24) is 0 Å². The molecule has 1 heterocycles. The Morgan fingerprint density at radius 3 is 2.56 bits per heavy atom. The highest BCUT2D eigenvalue weighted by molar-refractivity contribution is 9.11. The first-order valence-electron chi connectivity index (χ1n) is 2.67. The number of thiophene rings is 1. The zero-order valence-corrected chi connectivity index (χ0v) is 7.77. The second-order valence-electron chi connectivity index (χ2n) is 1.81. The van der Waals surface area contributed by atoms with Gasteiger partial charge in [0.15, 0.2) is 0 Å². The molecule has 0 spiro atoms. The molecule has 1 rings (SSSR count). The fraction of sp³-hybridized carbons (Fsp3) is 0.333. The average molecular weight is 206 g/mol. The number of hydrogen-bond donors (Lipinski definition) is 1. The number of rotatable bonds is 1. The molecule has 0 aliphatic heterocycles. The van der Waals surface area contributed by atoms with Crippen LogP contribution in [0.1, 0.15) is 5.56 Å². The fourth-order valence-electron chi connectivity index (χ4n) is 0.691. The maximum Gasteiger partial charge on any atom is 0.0921 e. The Morgan fingerprint density at radius 2 is 2.33 bits per heavy atom. The third kappa shape index (κ3) is 1.46. The first-order valence-corrected chi connectivity index (χ1v) is 4.28. The molecule has 50 valence electrons. The van der Waals surface area contributed by atoms with Gasteiger partial charge in [0.05, 0.1) is 8.79 Å². The molecule has 9 heavy (non-hydrogen) atoms. The van der Waals surface area contributed by atoms with Gasteiger partial charge >= 0.3 is 0 Å². The van der Waals surface area contributed by atoms with Crippen molar-refractivity contribution in [3.05, 3.63) is 15.4 Å². The molecule has 0 fully saturated rings. The molecular weight excluding hydrogens is 198 g/mol. The first kappa shape index (κ1) is 7.09. The van der Waals surface area contributed by atoms with Gasteiger partial charge in [-0.05, 0) is 34.5 Å². The van der Waals surface area contributed by atoms with E-state index in [0.717, 1.165) is 0 Å². The van der Waals surface area contributed by atoms with Crippen molar-refractivity contribution in [2.24, 2.45) is 0 Å². The van der Waals surface area contributed by atoms with Crippen molar-refractivity contribution in [3.63, 3.8) is 0 Å². The zero-order chi connectivity index (χ0) is 6.85. The fourth-order valence-corrected chi connectivity index (χ4v) is 2.27. The smallest absolute Gasteiger partial charge is 0.0921 e. The van der Waals surface area contributed by atoms with Gasteiger partial charge < -0.3 is 5.32 Å². The van der Waals surface area contributed by atoms with Gasteiger partial charge in [-0.15, -0.1) is 11.3 Å².